The number of hydrogen-bond donors (Lipinski definition) is 0. The Labute approximate surface area is 243 Å². The lowest BCUT2D eigenvalue weighted by atomic mass is 9.95. The van der Waals surface area contributed by atoms with Gasteiger partial charge in [0, 0.05) is 16.1 Å². The molecule has 0 spiro atoms. The molecule has 2 aromatic carbocycles. The van der Waals surface area contributed by atoms with E-state index in [-0.39, 0.29) is 17.7 Å². The summed E-state index contributed by atoms with van der Waals surface area (Å²) in [5.74, 6) is 1.68. The van der Waals surface area contributed by atoms with Crippen LogP contribution in [0.5, 0.6) is 11.5 Å². The normalized spacial score (nSPS) is 15.1. The SMILES string of the molecule is CCOC(=O)C1=C(C)N=c2s/c(=C\c3ccc(-c4ccc(C)cc4Br)o3)c(=O)n2[C@H]1c1ccc(OC)c(OC)c1. The molecule has 10 heteroatoms. The average molecular weight is 624 g/mol. The molecule has 0 radical (unpaired) electrons. The maximum atomic E-state index is 13.9. The van der Waals surface area contributed by atoms with E-state index in [1.165, 1.54) is 23.0 Å². The van der Waals surface area contributed by atoms with Gasteiger partial charge in [0.05, 0.1) is 42.7 Å². The zero-order valence-electron chi connectivity index (χ0n) is 22.6. The minimum Gasteiger partial charge on any atom is -0.493 e. The predicted molar refractivity (Wildman–Crippen MR) is 157 cm³/mol. The van der Waals surface area contributed by atoms with Crippen LogP contribution in [0.2, 0.25) is 0 Å². The first-order chi connectivity index (χ1) is 19.2. The topological polar surface area (TPSA) is 92.3 Å². The molecule has 1 atom stereocenters. The largest absolute Gasteiger partial charge is 0.493 e. The Balaban J connectivity index is 1.65. The van der Waals surface area contributed by atoms with Crippen LogP contribution in [0.25, 0.3) is 17.4 Å². The second-order valence-electron chi connectivity index (χ2n) is 9.10. The lowest BCUT2D eigenvalue weighted by molar-refractivity contribution is -0.139. The summed E-state index contributed by atoms with van der Waals surface area (Å²) >= 11 is 4.83. The lowest BCUT2D eigenvalue weighted by Gasteiger charge is -2.25. The molecule has 0 saturated carbocycles. The molecule has 1 aliphatic rings. The number of ether oxygens (including phenoxy) is 3. The third kappa shape index (κ3) is 5.04. The number of benzene rings is 2. The molecule has 0 fully saturated rings. The number of methoxy groups -OCH3 is 2. The number of allylic oxidation sites excluding steroid dienone is 1. The first-order valence-electron chi connectivity index (χ1n) is 12.5. The average Bonchev–Trinajstić information content (AvgIpc) is 3.51. The minimum absolute atomic E-state index is 0.191. The van der Waals surface area contributed by atoms with Crippen LogP contribution in [0.15, 0.2) is 78.5 Å². The van der Waals surface area contributed by atoms with Crippen LogP contribution in [-0.2, 0) is 9.53 Å². The van der Waals surface area contributed by atoms with Crippen molar-refractivity contribution >= 4 is 39.3 Å². The fourth-order valence-corrected chi connectivity index (χ4v) is 6.37. The van der Waals surface area contributed by atoms with Crippen molar-refractivity contribution in [3.8, 4) is 22.8 Å². The molecule has 2 aromatic heterocycles. The van der Waals surface area contributed by atoms with Gasteiger partial charge >= 0.3 is 5.97 Å². The van der Waals surface area contributed by atoms with Gasteiger partial charge in [-0.1, -0.05) is 39.4 Å². The number of furan rings is 1. The Morgan fingerprint density at radius 3 is 2.58 bits per heavy atom. The summed E-state index contributed by atoms with van der Waals surface area (Å²) in [6, 6.07) is 14.2. The van der Waals surface area contributed by atoms with Gasteiger partial charge in [-0.25, -0.2) is 9.79 Å². The lowest BCUT2D eigenvalue weighted by Crippen LogP contribution is -2.39. The Morgan fingerprint density at radius 2 is 1.88 bits per heavy atom. The van der Waals surface area contributed by atoms with E-state index in [1.807, 2.05) is 37.3 Å². The van der Waals surface area contributed by atoms with Crippen LogP contribution in [0.4, 0.5) is 0 Å². The predicted octanol–water partition coefficient (Wildman–Crippen LogP) is 5.15. The standard InChI is InChI=1S/C30H27BrN2O6S/c1-6-38-29(35)26-17(3)32-30-33(27(26)18-8-11-23(36-4)24(14-18)37-5)28(34)25(40-30)15-19-9-12-22(39-19)20-10-7-16(2)13-21(20)31/h7-15,27H,6H2,1-5H3/b25-15-/t27-/m0/s1. The van der Waals surface area contributed by atoms with Crippen LogP contribution in [-0.4, -0.2) is 31.4 Å². The van der Waals surface area contributed by atoms with Crippen LogP contribution in [0, 0.1) is 6.92 Å². The number of halogens is 1. The molecule has 5 rings (SSSR count). The first-order valence-corrected chi connectivity index (χ1v) is 14.1. The quantitative estimate of drug-likeness (QED) is 0.265. The van der Waals surface area contributed by atoms with Crippen molar-refractivity contribution in [3.63, 3.8) is 0 Å². The summed E-state index contributed by atoms with van der Waals surface area (Å²) in [4.78, 5) is 32.1. The van der Waals surface area contributed by atoms with Gasteiger partial charge in [-0.2, -0.15) is 0 Å². The molecule has 206 valence electrons. The Kier molecular flexibility index (Phi) is 7.82. The number of fused-ring (bicyclic) bond motifs is 1. The number of carbonyl (C=O) groups is 1. The van der Waals surface area contributed by atoms with Gasteiger partial charge in [-0.05, 0) is 68.3 Å². The van der Waals surface area contributed by atoms with Gasteiger partial charge in [-0.3, -0.25) is 9.36 Å². The summed E-state index contributed by atoms with van der Waals surface area (Å²) in [6.45, 7) is 5.69. The summed E-state index contributed by atoms with van der Waals surface area (Å²) < 4.78 is 25.2. The minimum atomic E-state index is -0.770. The number of thiazole rings is 1. The van der Waals surface area contributed by atoms with Gasteiger partial charge in [0.15, 0.2) is 16.3 Å². The van der Waals surface area contributed by atoms with E-state index < -0.39 is 12.0 Å². The molecule has 1 aliphatic heterocycles. The second-order valence-corrected chi connectivity index (χ2v) is 11.0. The van der Waals surface area contributed by atoms with Crippen LogP contribution >= 0.6 is 27.3 Å². The van der Waals surface area contributed by atoms with Crippen molar-refractivity contribution in [1.82, 2.24) is 4.57 Å². The maximum absolute atomic E-state index is 13.9. The molecule has 8 nitrogen and oxygen atoms in total. The fourth-order valence-electron chi connectivity index (χ4n) is 4.65. The molecule has 40 heavy (non-hydrogen) atoms. The summed E-state index contributed by atoms with van der Waals surface area (Å²) in [6.07, 6.45) is 1.70. The number of aryl methyl sites for hydroxylation is 1. The number of rotatable bonds is 7. The van der Waals surface area contributed by atoms with E-state index in [4.69, 9.17) is 18.6 Å². The van der Waals surface area contributed by atoms with Crippen molar-refractivity contribution in [1.29, 1.82) is 0 Å². The van der Waals surface area contributed by atoms with Crippen LogP contribution < -0.4 is 24.4 Å². The third-order valence-electron chi connectivity index (χ3n) is 6.53. The van der Waals surface area contributed by atoms with Gasteiger partial charge in [0.25, 0.3) is 5.56 Å². The Hall–Kier alpha value is -3.89. The van der Waals surface area contributed by atoms with Crippen LogP contribution in [0.1, 0.15) is 36.8 Å². The number of aromatic nitrogens is 1. The fraction of sp³-hybridized carbons (Fsp3) is 0.233. The van der Waals surface area contributed by atoms with E-state index >= 15 is 0 Å². The summed E-state index contributed by atoms with van der Waals surface area (Å²) in [5, 5.41) is 0. The van der Waals surface area contributed by atoms with E-state index in [0.717, 1.165) is 15.6 Å². The molecule has 0 aliphatic carbocycles. The molecule has 0 N–H and O–H groups in total. The molecule has 4 aromatic rings. The van der Waals surface area contributed by atoms with Gasteiger partial charge in [-0.15, -0.1) is 0 Å². The highest BCUT2D eigenvalue weighted by Crippen LogP contribution is 2.36. The molecule has 0 unspecified atom stereocenters. The van der Waals surface area contributed by atoms with Crippen LogP contribution in [0.3, 0.4) is 0 Å². The second kappa shape index (κ2) is 11.3. The van der Waals surface area contributed by atoms with Crippen molar-refractivity contribution in [3.05, 3.63) is 101 Å². The third-order valence-corrected chi connectivity index (χ3v) is 8.17. The molecular formula is C30H27BrN2O6S. The highest BCUT2D eigenvalue weighted by atomic mass is 79.9. The number of hydrogen-bond acceptors (Lipinski definition) is 8. The molecule has 0 amide bonds. The zero-order chi connectivity index (χ0) is 28.6. The number of esters is 1. The smallest absolute Gasteiger partial charge is 0.338 e. The first kappa shape index (κ1) is 27.7. The Bertz CT molecular complexity index is 1830. The Morgan fingerprint density at radius 1 is 1.10 bits per heavy atom. The van der Waals surface area contributed by atoms with Crippen molar-refractivity contribution < 1.29 is 23.4 Å². The molecule has 0 bridgehead atoms. The summed E-state index contributed by atoms with van der Waals surface area (Å²) in [7, 11) is 3.08. The van der Waals surface area contributed by atoms with Crippen molar-refractivity contribution in [2.45, 2.75) is 26.8 Å². The zero-order valence-corrected chi connectivity index (χ0v) is 25.0. The van der Waals surface area contributed by atoms with E-state index in [0.29, 0.717) is 43.6 Å². The molecule has 0 saturated heterocycles. The van der Waals surface area contributed by atoms with Gasteiger partial charge in [0.2, 0.25) is 0 Å². The van der Waals surface area contributed by atoms with Gasteiger partial charge in [0.1, 0.15) is 11.5 Å². The van der Waals surface area contributed by atoms with Crippen molar-refractivity contribution in [2.24, 2.45) is 4.99 Å². The molecular weight excluding hydrogens is 596 g/mol. The number of carbonyl (C=O) groups excluding carboxylic acids is 1. The van der Waals surface area contributed by atoms with Crippen molar-refractivity contribution in [2.75, 3.05) is 20.8 Å². The van der Waals surface area contributed by atoms with E-state index in [1.54, 1.807) is 45.2 Å². The number of nitrogens with zero attached hydrogens (tertiary/aromatic N) is 2. The van der Waals surface area contributed by atoms with E-state index in [9.17, 15) is 9.59 Å². The maximum Gasteiger partial charge on any atom is 0.338 e. The highest BCUT2D eigenvalue weighted by Gasteiger charge is 2.34. The van der Waals surface area contributed by atoms with E-state index in [2.05, 4.69) is 20.9 Å². The van der Waals surface area contributed by atoms with Gasteiger partial charge < -0.3 is 18.6 Å². The molecule has 3 heterocycles. The monoisotopic (exact) mass is 622 g/mol. The summed E-state index contributed by atoms with van der Waals surface area (Å²) in [5.41, 5.74) is 3.17. The highest BCUT2D eigenvalue weighted by molar-refractivity contribution is 9.10.